The zero-order valence-electron chi connectivity index (χ0n) is 13.3. The molecule has 1 saturated heterocycles. The minimum atomic E-state index is -4.63. The highest BCUT2D eigenvalue weighted by Gasteiger charge is 2.41. The molecule has 0 bridgehead atoms. The van der Waals surface area contributed by atoms with E-state index in [9.17, 15) is 30.4 Å². The molecule has 1 aliphatic rings. The summed E-state index contributed by atoms with van der Waals surface area (Å²) in [5.41, 5.74) is -1.05. The van der Waals surface area contributed by atoms with Crippen molar-refractivity contribution in [3.8, 4) is 0 Å². The molecule has 3 rings (SSSR count). The molecule has 3 nitrogen and oxygen atoms in total. The van der Waals surface area contributed by atoms with Gasteiger partial charge in [-0.2, -0.15) is 17.5 Å². The minimum absolute atomic E-state index is 0.00180. The van der Waals surface area contributed by atoms with Gasteiger partial charge in [-0.15, -0.1) is 0 Å². The molecule has 0 spiro atoms. The number of halogens is 5. The van der Waals surface area contributed by atoms with Crippen molar-refractivity contribution in [2.24, 2.45) is 0 Å². The summed E-state index contributed by atoms with van der Waals surface area (Å²) in [7, 11) is -4.28. The Balaban J connectivity index is 2.05. The Bertz CT molecular complexity index is 927. The van der Waals surface area contributed by atoms with Gasteiger partial charge in [-0.1, -0.05) is 18.2 Å². The summed E-state index contributed by atoms with van der Waals surface area (Å²) >= 11 is 0. The molecule has 0 amide bonds. The van der Waals surface area contributed by atoms with Gasteiger partial charge >= 0.3 is 6.18 Å². The largest absolute Gasteiger partial charge is 0.416 e. The van der Waals surface area contributed by atoms with E-state index in [0.717, 1.165) is 16.4 Å². The van der Waals surface area contributed by atoms with E-state index < -0.39 is 44.3 Å². The number of rotatable bonds is 3. The van der Waals surface area contributed by atoms with Crippen LogP contribution in [-0.4, -0.2) is 19.3 Å². The van der Waals surface area contributed by atoms with Crippen molar-refractivity contribution in [1.82, 2.24) is 4.31 Å². The number of hydrogen-bond donors (Lipinski definition) is 0. The van der Waals surface area contributed by atoms with Crippen molar-refractivity contribution in [1.29, 1.82) is 0 Å². The summed E-state index contributed by atoms with van der Waals surface area (Å²) in [4.78, 5) is -0.493. The molecule has 1 heterocycles. The molecule has 0 aromatic heterocycles. The van der Waals surface area contributed by atoms with Crippen molar-refractivity contribution in [3.05, 3.63) is 65.2 Å². The highest BCUT2D eigenvalue weighted by molar-refractivity contribution is 7.89. The molecule has 0 aliphatic carbocycles. The molecule has 0 N–H and O–H groups in total. The smallest absolute Gasteiger partial charge is 0.207 e. The summed E-state index contributed by atoms with van der Waals surface area (Å²) < 4.78 is 92.9. The molecule has 1 atom stereocenters. The second-order valence-corrected chi connectivity index (χ2v) is 7.83. The molecular formula is C17H14F5NO2S. The maximum absolute atomic E-state index is 13.4. The van der Waals surface area contributed by atoms with Gasteiger partial charge in [-0.25, -0.2) is 17.2 Å². The van der Waals surface area contributed by atoms with E-state index in [0.29, 0.717) is 18.6 Å². The van der Waals surface area contributed by atoms with E-state index in [1.165, 1.54) is 18.2 Å². The normalized spacial score (nSPS) is 19.0. The van der Waals surface area contributed by atoms with Gasteiger partial charge in [0, 0.05) is 6.54 Å². The summed E-state index contributed by atoms with van der Waals surface area (Å²) in [6.07, 6.45) is -4.06. The zero-order chi connectivity index (χ0) is 19.1. The Morgan fingerprint density at radius 2 is 1.69 bits per heavy atom. The van der Waals surface area contributed by atoms with E-state index in [2.05, 4.69) is 0 Å². The lowest BCUT2D eigenvalue weighted by Crippen LogP contribution is -2.32. The van der Waals surface area contributed by atoms with Crippen LogP contribution in [0.5, 0.6) is 0 Å². The van der Waals surface area contributed by atoms with Crippen molar-refractivity contribution in [3.63, 3.8) is 0 Å². The Hall–Kier alpha value is -2.00. The summed E-state index contributed by atoms with van der Waals surface area (Å²) in [5, 5.41) is 0. The quantitative estimate of drug-likeness (QED) is 0.722. The van der Waals surface area contributed by atoms with Crippen molar-refractivity contribution in [2.75, 3.05) is 6.54 Å². The van der Waals surface area contributed by atoms with Crippen LogP contribution in [0.2, 0.25) is 0 Å². The molecule has 2 aromatic rings. The third-order valence-electron chi connectivity index (χ3n) is 4.33. The molecule has 9 heteroatoms. The van der Waals surface area contributed by atoms with E-state index in [1.807, 2.05) is 0 Å². The lowest BCUT2D eigenvalue weighted by Gasteiger charge is -2.26. The number of alkyl halides is 3. The monoisotopic (exact) mass is 391 g/mol. The van der Waals surface area contributed by atoms with Crippen molar-refractivity contribution >= 4 is 10.0 Å². The molecule has 1 fully saturated rings. The maximum Gasteiger partial charge on any atom is 0.416 e. The van der Waals surface area contributed by atoms with E-state index in [4.69, 9.17) is 0 Å². The number of sulfonamides is 1. The molecule has 0 radical (unpaired) electrons. The van der Waals surface area contributed by atoms with Crippen LogP contribution >= 0.6 is 0 Å². The average molecular weight is 391 g/mol. The SMILES string of the molecule is O=S(=O)(c1ccc(F)c(F)c1)N1CCCC1c1ccccc1C(F)(F)F. The summed E-state index contributed by atoms with van der Waals surface area (Å²) in [5.74, 6) is -2.54. The molecule has 1 aliphatic heterocycles. The standard InChI is InChI=1S/C17H14F5NO2S/c18-14-8-7-11(10-15(14)19)26(24,25)23-9-3-6-16(23)12-4-1-2-5-13(12)17(20,21)22/h1-2,4-5,7-8,10,16H,3,6,9H2. The maximum atomic E-state index is 13.4. The van der Waals surface area contributed by atoms with E-state index in [1.54, 1.807) is 0 Å². The first-order valence-corrected chi connectivity index (χ1v) is 9.19. The molecule has 2 aromatic carbocycles. The first-order chi connectivity index (χ1) is 12.1. The fourth-order valence-corrected chi connectivity index (χ4v) is 4.84. The average Bonchev–Trinajstić information content (AvgIpc) is 3.07. The van der Waals surface area contributed by atoms with Crippen molar-refractivity contribution < 1.29 is 30.4 Å². The van der Waals surface area contributed by atoms with Gasteiger partial charge in [0.25, 0.3) is 0 Å². The van der Waals surface area contributed by atoms with Gasteiger partial charge in [-0.05, 0) is 42.7 Å². The van der Waals surface area contributed by atoms with E-state index in [-0.39, 0.29) is 18.5 Å². The van der Waals surface area contributed by atoms with Crippen LogP contribution in [0.3, 0.4) is 0 Å². The zero-order valence-corrected chi connectivity index (χ0v) is 14.1. The van der Waals surface area contributed by atoms with Gasteiger partial charge in [0.1, 0.15) is 0 Å². The van der Waals surface area contributed by atoms with Crippen LogP contribution in [0.4, 0.5) is 22.0 Å². The second-order valence-electron chi connectivity index (χ2n) is 5.93. The molecule has 0 saturated carbocycles. The Morgan fingerprint density at radius 1 is 1.00 bits per heavy atom. The van der Waals surface area contributed by atoms with Crippen LogP contribution in [0.25, 0.3) is 0 Å². The first kappa shape index (κ1) is 18.8. The molecule has 26 heavy (non-hydrogen) atoms. The van der Waals surface area contributed by atoms with Crippen molar-refractivity contribution in [2.45, 2.75) is 30.0 Å². The Labute approximate surface area is 147 Å². The minimum Gasteiger partial charge on any atom is -0.207 e. The Morgan fingerprint density at radius 3 is 2.35 bits per heavy atom. The van der Waals surface area contributed by atoms with E-state index >= 15 is 0 Å². The number of benzene rings is 2. The predicted molar refractivity (Wildman–Crippen MR) is 83.7 cm³/mol. The lowest BCUT2D eigenvalue weighted by molar-refractivity contribution is -0.138. The molecule has 140 valence electrons. The third-order valence-corrected chi connectivity index (χ3v) is 6.23. The Kier molecular flexibility index (Phi) is 4.78. The molecular weight excluding hydrogens is 377 g/mol. The third kappa shape index (κ3) is 3.33. The first-order valence-electron chi connectivity index (χ1n) is 7.75. The van der Waals surface area contributed by atoms with Crippen LogP contribution < -0.4 is 0 Å². The summed E-state index contributed by atoms with van der Waals surface area (Å²) in [6.45, 7) is -0.00180. The number of nitrogens with zero attached hydrogens (tertiary/aromatic N) is 1. The fraction of sp³-hybridized carbons (Fsp3) is 0.294. The fourth-order valence-electron chi connectivity index (χ4n) is 3.16. The van der Waals surface area contributed by atoms with Crippen LogP contribution in [0.1, 0.15) is 30.0 Å². The topological polar surface area (TPSA) is 37.4 Å². The highest BCUT2D eigenvalue weighted by atomic mass is 32.2. The molecule has 1 unspecified atom stereocenters. The van der Waals surface area contributed by atoms with Crippen LogP contribution in [0.15, 0.2) is 47.4 Å². The lowest BCUT2D eigenvalue weighted by atomic mass is 9.99. The van der Waals surface area contributed by atoms with Gasteiger partial charge < -0.3 is 0 Å². The highest BCUT2D eigenvalue weighted by Crippen LogP contribution is 2.42. The van der Waals surface area contributed by atoms with Gasteiger partial charge in [0.05, 0.1) is 16.5 Å². The second kappa shape index (κ2) is 6.62. The van der Waals surface area contributed by atoms with Crippen LogP contribution in [0, 0.1) is 11.6 Å². The number of hydrogen-bond acceptors (Lipinski definition) is 2. The van der Waals surface area contributed by atoms with Gasteiger partial charge in [0.15, 0.2) is 11.6 Å². The van der Waals surface area contributed by atoms with Gasteiger partial charge in [-0.3, -0.25) is 0 Å². The van der Waals surface area contributed by atoms with Crippen LogP contribution in [-0.2, 0) is 16.2 Å². The summed E-state index contributed by atoms with van der Waals surface area (Å²) in [6, 6.07) is 5.88. The predicted octanol–water partition coefficient (Wildman–Crippen LogP) is 4.51. The van der Waals surface area contributed by atoms with Gasteiger partial charge in [0.2, 0.25) is 10.0 Å².